The summed E-state index contributed by atoms with van der Waals surface area (Å²) >= 11 is 0. The molecule has 0 N–H and O–H groups in total. The molecule has 5 heteroatoms. The number of carbonyl (C=O) groups is 2. The Bertz CT molecular complexity index is 1290. The first kappa shape index (κ1) is 67.1. The van der Waals surface area contributed by atoms with Gasteiger partial charge in [-0.15, -0.1) is 0 Å². The van der Waals surface area contributed by atoms with Crippen LogP contribution in [0.2, 0.25) is 0 Å². The smallest absolute Gasteiger partial charge is 0.306 e. The molecule has 0 aromatic rings. The maximum atomic E-state index is 12.9. The van der Waals surface area contributed by atoms with Crippen LogP contribution in [0.5, 0.6) is 0 Å². The van der Waals surface area contributed by atoms with Crippen LogP contribution in [-0.4, -0.2) is 37.9 Å². The van der Waals surface area contributed by atoms with Crippen molar-refractivity contribution in [1.82, 2.24) is 0 Å². The topological polar surface area (TPSA) is 61.8 Å². The first-order chi connectivity index (χ1) is 34.6. The Morgan fingerprint density at radius 2 is 0.643 bits per heavy atom. The van der Waals surface area contributed by atoms with E-state index in [1.165, 1.54) is 161 Å². The van der Waals surface area contributed by atoms with Crippen molar-refractivity contribution >= 4 is 11.9 Å². The minimum Gasteiger partial charge on any atom is -0.462 e. The molecule has 0 aliphatic rings. The number of hydrogen-bond acceptors (Lipinski definition) is 5. The molecule has 0 aliphatic carbocycles. The van der Waals surface area contributed by atoms with Crippen LogP contribution in [0.4, 0.5) is 0 Å². The maximum Gasteiger partial charge on any atom is 0.306 e. The Kier molecular flexibility index (Phi) is 57.9. The Morgan fingerprint density at radius 3 is 1.06 bits per heavy atom. The number of esters is 2. The van der Waals surface area contributed by atoms with Gasteiger partial charge in [0.25, 0.3) is 0 Å². The van der Waals surface area contributed by atoms with Crippen LogP contribution in [0.25, 0.3) is 0 Å². The Hall–Kier alpha value is -2.92. The summed E-state index contributed by atoms with van der Waals surface area (Å²) in [6, 6.07) is 0. The predicted molar refractivity (Wildman–Crippen MR) is 307 cm³/mol. The van der Waals surface area contributed by atoms with Gasteiger partial charge in [-0.05, 0) is 96.3 Å². The molecule has 0 radical (unpaired) electrons. The molecule has 5 nitrogen and oxygen atoms in total. The maximum absolute atomic E-state index is 12.9. The summed E-state index contributed by atoms with van der Waals surface area (Å²) in [4.78, 5) is 25.6. The minimum atomic E-state index is -0.560. The van der Waals surface area contributed by atoms with Gasteiger partial charge in [-0.1, -0.05) is 266 Å². The monoisotopic (exact) mass is 975 g/mol. The average molecular weight is 976 g/mol. The van der Waals surface area contributed by atoms with E-state index >= 15 is 0 Å². The van der Waals surface area contributed by atoms with Gasteiger partial charge in [-0.3, -0.25) is 9.59 Å². The lowest BCUT2D eigenvalue weighted by atomic mass is 10.0. The lowest BCUT2D eigenvalue weighted by Gasteiger charge is -2.18. The van der Waals surface area contributed by atoms with E-state index in [1.807, 2.05) is 0 Å². The summed E-state index contributed by atoms with van der Waals surface area (Å²) < 4.78 is 17.5. The van der Waals surface area contributed by atoms with E-state index < -0.39 is 6.10 Å². The highest BCUT2D eigenvalue weighted by Crippen LogP contribution is 2.16. The molecule has 0 rings (SSSR count). The first-order valence-electron chi connectivity index (χ1n) is 30.1. The van der Waals surface area contributed by atoms with Gasteiger partial charge < -0.3 is 14.2 Å². The SMILES string of the molecule is CC/C=C\C/C=C\C/C=C\C/C=C\C/C=C\CCCCCCOCC(COC(=O)CCCCCCCCCCCCCCCCCCCCC)OC(=O)CCCCCCC/C=C\C/C=C\CCCCC. The van der Waals surface area contributed by atoms with E-state index in [4.69, 9.17) is 14.2 Å². The van der Waals surface area contributed by atoms with Crippen molar-refractivity contribution < 1.29 is 23.8 Å². The molecule has 0 amide bonds. The highest BCUT2D eigenvalue weighted by atomic mass is 16.6. The van der Waals surface area contributed by atoms with Crippen molar-refractivity contribution in [2.24, 2.45) is 0 Å². The van der Waals surface area contributed by atoms with Gasteiger partial charge in [0.2, 0.25) is 0 Å². The fourth-order valence-corrected chi connectivity index (χ4v) is 8.45. The molecule has 0 saturated carbocycles. The number of ether oxygens (including phenoxy) is 3. The Morgan fingerprint density at radius 1 is 0.329 bits per heavy atom. The van der Waals surface area contributed by atoms with Gasteiger partial charge in [0.15, 0.2) is 6.10 Å². The van der Waals surface area contributed by atoms with E-state index in [2.05, 4.69) is 106 Å². The number of allylic oxidation sites excluding steroid dienone is 14. The van der Waals surface area contributed by atoms with Gasteiger partial charge in [0.05, 0.1) is 6.61 Å². The van der Waals surface area contributed by atoms with Crippen molar-refractivity contribution in [3.63, 3.8) is 0 Å². The molecule has 0 spiro atoms. The zero-order valence-corrected chi connectivity index (χ0v) is 46.5. The quantitative estimate of drug-likeness (QED) is 0.0345. The van der Waals surface area contributed by atoms with Crippen LogP contribution in [-0.2, 0) is 23.8 Å². The molecule has 0 aromatic heterocycles. The van der Waals surface area contributed by atoms with Crippen LogP contribution >= 0.6 is 0 Å². The molecule has 1 atom stereocenters. The summed E-state index contributed by atoms with van der Waals surface area (Å²) in [6.45, 7) is 7.65. The van der Waals surface area contributed by atoms with Gasteiger partial charge in [0, 0.05) is 19.4 Å². The van der Waals surface area contributed by atoms with E-state index in [-0.39, 0.29) is 25.2 Å². The summed E-state index contributed by atoms with van der Waals surface area (Å²) in [5.74, 6) is -0.418. The second kappa shape index (κ2) is 60.4. The zero-order chi connectivity index (χ0) is 50.6. The van der Waals surface area contributed by atoms with E-state index in [1.54, 1.807) is 0 Å². The number of rotatable bonds is 55. The number of unbranched alkanes of at least 4 members (excludes halogenated alkanes) is 30. The summed E-state index contributed by atoms with van der Waals surface area (Å²) in [7, 11) is 0. The molecular formula is C65H114O5. The third-order valence-corrected chi connectivity index (χ3v) is 12.9. The summed E-state index contributed by atoms with van der Waals surface area (Å²) in [5, 5.41) is 0. The molecular weight excluding hydrogens is 861 g/mol. The van der Waals surface area contributed by atoms with Crippen LogP contribution in [0.3, 0.4) is 0 Å². The van der Waals surface area contributed by atoms with Gasteiger partial charge in [0.1, 0.15) is 6.61 Å². The fraction of sp³-hybridized carbons (Fsp3) is 0.754. The van der Waals surface area contributed by atoms with E-state index in [9.17, 15) is 9.59 Å². The molecule has 0 fully saturated rings. The summed E-state index contributed by atoms with van der Waals surface area (Å²) in [6.07, 6.45) is 80.4. The van der Waals surface area contributed by atoms with Gasteiger partial charge >= 0.3 is 11.9 Å². The van der Waals surface area contributed by atoms with Crippen LogP contribution in [0.15, 0.2) is 85.1 Å². The third kappa shape index (κ3) is 57.7. The molecule has 0 heterocycles. The van der Waals surface area contributed by atoms with E-state index in [0.717, 1.165) is 96.3 Å². The van der Waals surface area contributed by atoms with Gasteiger partial charge in [-0.2, -0.15) is 0 Å². The van der Waals surface area contributed by atoms with Crippen molar-refractivity contribution in [3.8, 4) is 0 Å². The molecule has 0 aromatic carbocycles. The van der Waals surface area contributed by atoms with Crippen LogP contribution in [0, 0.1) is 0 Å². The lowest BCUT2D eigenvalue weighted by Crippen LogP contribution is -2.30. The Labute approximate surface area is 435 Å². The van der Waals surface area contributed by atoms with Gasteiger partial charge in [-0.25, -0.2) is 0 Å². The Balaban J connectivity index is 4.32. The predicted octanol–water partition coefficient (Wildman–Crippen LogP) is 20.8. The normalized spacial score (nSPS) is 12.8. The molecule has 0 saturated heterocycles. The average Bonchev–Trinajstić information content (AvgIpc) is 3.36. The highest BCUT2D eigenvalue weighted by Gasteiger charge is 2.17. The van der Waals surface area contributed by atoms with Crippen molar-refractivity contribution in [1.29, 1.82) is 0 Å². The second-order valence-corrected chi connectivity index (χ2v) is 19.9. The first-order valence-corrected chi connectivity index (χ1v) is 30.1. The standard InChI is InChI=1S/C65H114O5/c1-4-7-10-13-16-19-22-25-28-30-32-34-36-39-42-45-48-51-54-57-60-68-61-63(70-65(67)59-56-53-50-47-44-41-37-27-24-21-18-15-12-9-6-3)62-69-64(66)58-55-52-49-46-43-40-38-35-33-31-29-26-23-20-17-14-11-8-5-2/h7,10,16,18-19,21,25,27-28,32,34,37,39,42,63H,4-6,8-9,11-15,17,20,22-24,26,29-31,33,35-36,38,40-41,43-62H2,1-3H3/b10-7-,19-16-,21-18-,28-25-,34-32-,37-27-,42-39-. The number of carbonyl (C=O) groups excluding carboxylic acids is 2. The second-order valence-electron chi connectivity index (χ2n) is 19.9. The highest BCUT2D eigenvalue weighted by molar-refractivity contribution is 5.70. The molecule has 0 aliphatic heterocycles. The van der Waals surface area contributed by atoms with Crippen LogP contribution < -0.4 is 0 Å². The molecule has 70 heavy (non-hydrogen) atoms. The minimum absolute atomic E-state index is 0.0686. The molecule has 0 bridgehead atoms. The number of hydrogen-bond donors (Lipinski definition) is 0. The van der Waals surface area contributed by atoms with Crippen molar-refractivity contribution in [2.75, 3.05) is 19.8 Å². The largest absolute Gasteiger partial charge is 0.462 e. The summed E-state index contributed by atoms with van der Waals surface area (Å²) in [5.41, 5.74) is 0. The third-order valence-electron chi connectivity index (χ3n) is 12.9. The lowest BCUT2D eigenvalue weighted by molar-refractivity contribution is -0.163. The zero-order valence-electron chi connectivity index (χ0n) is 46.5. The van der Waals surface area contributed by atoms with Crippen molar-refractivity contribution in [3.05, 3.63) is 85.1 Å². The molecule has 404 valence electrons. The van der Waals surface area contributed by atoms with Crippen LogP contribution in [0.1, 0.15) is 290 Å². The molecule has 1 unspecified atom stereocenters. The van der Waals surface area contributed by atoms with E-state index in [0.29, 0.717) is 19.4 Å². The fourth-order valence-electron chi connectivity index (χ4n) is 8.45. The van der Waals surface area contributed by atoms with Crippen molar-refractivity contribution in [2.45, 2.75) is 297 Å².